The summed E-state index contributed by atoms with van der Waals surface area (Å²) in [7, 11) is -2.60. The fourth-order valence-corrected chi connectivity index (χ4v) is 4.97. The largest absolute Gasteiger partial charge is 0.486 e. The van der Waals surface area contributed by atoms with Crippen LogP contribution in [0.4, 0.5) is 5.69 Å². The highest BCUT2D eigenvalue weighted by Crippen LogP contribution is 2.35. The quantitative estimate of drug-likeness (QED) is 0.542. The van der Waals surface area contributed by atoms with Gasteiger partial charge in [0, 0.05) is 17.6 Å². The van der Waals surface area contributed by atoms with E-state index < -0.39 is 27.9 Å². The summed E-state index contributed by atoms with van der Waals surface area (Å²) >= 11 is 0. The van der Waals surface area contributed by atoms with E-state index in [9.17, 15) is 18.0 Å². The van der Waals surface area contributed by atoms with Gasteiger partial charge in [-0.2, -0.15) is 0 Å². The molecule has 0 amide bonds. The number of fused-ring (bicyclic) bond motifs is 2. The highest BCUT2D eigenvalue weighted by atomic mass is 32.2. The van der Waals surface area contributed by atoms with Gasteiger partial charge in [-0.15, -0.1) is 0 Å². The Hall–Kier alpha value is -3.53. The van der Waals surface area contributed by atoms with Crippen LogP contribution in [0.5, 0.6) is 11.5 Å². The van der Waals surface area contributed by atoms with Gasteiger partial charge < -0.3 is 14.2 Å². The van der Waals surface area contributed by atoms with Crippen molar-refractivity contribution in [3.63, 3.8) is 0 Å². The lowest BCUT2D eigenvalue weighted by atomic mass is 10.2. The molecule has 1 aliphatic heterocycles. The number of nitrogens with zero attached hydrogens (tertiary/aromatic N) is 2. The Bertz CT molecular complexity index is 1310. The first-order valence-corrected chi connectivity index (χ1v) is 11.7. The number of ether oxygens (including phenoxy) is 3. The second-order valence-corrected chi connectivity index (χ2v) is 9.18. The fourth-order valence-electron chi connectivity index (χ4n) is 3.81. The number of hydrogen-bond donors (Lipinski definition) is 0. The number of methoxy groups -OCH3 is 1. The molecule has 1 atom stereocenters. The highest BCUT2D eigenvalue weighted by Gasteiger charge is 2.32. The van der Waals surface area contributed by atoms with Crippen LogP contribution in [0, 0.1) is 0 Å². The lowest BCUT2D eigenvalue weighted by molar-refractivity contribution is 0.0603. The van der Waals surface area contributed by atoms with Gasteiger partial charge in [-0.25, -0.2) is 13.2 Å². The molecule has 2 heterocycles. The summed E-state index contributed by atoms with van der Waals surface area (Å²) < 4.78 is 43.6. The van der Waals surface area contributed by atoms with Crippen molar-refractivity contribution in [2.45, 2.75) is 13.0 Å². The smallest absolute Gasteiger partial charge is 0.340 e. The van der Waals surface area contributed by atoms with Crippen molar-refractivity contribution in [1.82, 2.24) is 4.57 Å². The number of aromatic nitrogens is 1. The molecular weight excluding hydrogens is 436 g/mol. The Morgan fingerprint density at radius 1 is 1.09 bits per heavy atom. The van der Waals surface area contributed by atoms with E-state index in [-0.39, 0.29) is 11.3 Å². The fraction of sp³-hybridized carbons (Fsp3) is 0.273. The van der Waals surface area contributed by atoms with Crippen LogP contribution in [0.2, 0.25) is 0 Å². The summed E-state index contributed by atoms with van der Waals surface area (Å²) in [5.74, 6) is -0.211. The zero-order valence-electron chi connectivity index (χ0n) is 17.8. The van der Waals surface area contributed by atoms with Crippen molar-refractivity contribution in [3.8, 4) is 11.5 Å². The van der Waals surface area contributed by atoms with E-state index in [0.717, 1.165) is 10.6 Å². The number of sulfonamides is 1. The minimum Gasteiger partial charge on any atom is -0.486 e. The SMILES string of the molecule is COC(=O)c1cn(C(=O)C(C)N(c2ccc3c(c2)OCCO3)S(C)(=O)=O)c2ccccc12. The highest BCUT2D eigenvalue weighted by molar-refractivity contribution is 7.92. The number of rotatable bonds is 5. The zero-order chi connectivity index (χ0) is 23.0. The summed E-state index contributed by atoms with van der Waals surface area (Å²) in [6, 6.07) is 10.4. The molecule has 0 fully saturated rings. The Morgan fingerprint density at radius 2 is 1.78 bits per heavy atom. The Balaban J connectivity index is 1.78. The second-order valence-electron chi connectivity index (χ2n) is 7.32. The van der Waals surface area contributed by atoms with Gasteiger partial charge in [-0.3, -0.25) is 13.7 Å². The average Bonchev–Trinajstić information content (AvgIpc) is 3.17. The third-order valence-corrected chi connectivity index (χ3v) is 6.44. The number of benzene rings is 2. The number of anilines is 1. The van der Waals surface area contributed by atoms with Gasteiger partial charge in [0.2, 0.25) is 10.0 Å². The number of carbonyl (C=O) groups is 2. The molecule has 2 aromatic carbocycles. The molecule has 0 spiro atoms. The van der Waals surface area contributed by atoms with Gasteiger partial charge >= 0.3 is 5.97 Å². The van der Waals surface area contributed by atoms with E-state index in [1.807, 2.05) is 0 Å². The first-order chi connectivity index (χ1) is 15.2. The third-order valence-electron chi connectivity index (χ3n) is 5.20. The summed E-state index contributed by atoms with van der Waals surface area (Å²) in [5, 5.41) is 0.533. The first-order valence-electron chi connectivity index (χ1n) is 9.84. The molecule has 32 heavy (non-hydrogen) atoms. The molecule has 1 aliphatic rings. The van der Waals surface area contributed by atoms with Crippen LogP contribution in [0.3, 0.4) is 0 Å². The molecule has 9 nitrogen and oxygen atoms in total. The van der Waals surface area contributed by atoms with Crippen LogP contribution in [0.15, 0.2) is 48.7 Å². The number of hydrogen-bond acceptors (Lipinski definition) is 7. The van der Waals surface area contributed by atoms with Gasteiger partial charge in [0.25, 0.3) is 5.91 Å². The van der Waals surface area contributed by atoms with E-state index >= 15 is 0 Å². The monoisotopic (exact) mass is 458 g/mol. The van der Waals surface area contributed by atoms with Crippen LogP contribution < -0.4 is 13.8 Å². The molecule has 3 aromatic rings. The maximum absolute atomic E-state index is 13.5. The van der Waals surface area contributed by atoms with Gasteiger partial charge in [-0.1, -0.05) is 18.2 Å². The molecule has 4 rings (SSSR count). The van der Waals surface area contributed by atoms with Gasteiger partial charge in [-0.05, 0) is 25.1 Å². The molecule has 10 heteroatoms. The van der Waals surface area contributed by atoms with Crippen molar-refractivity contribution in [1.29, 1.82) is 0 Å². The van der Waals surface area contributed by atoms with Crippen LogP contribution in [0.25, 0.3) is 10.9 Å². The minimum atomic E-state index is -3.85. The standard InChI is InChI=1S/C22H22N2O7S/c1-14(21(25)23-13-17(22(26)29-2)16-6-4-5-7-18(16)23)24(32(3,27)28)15-8-9-19-20(12-15)31-11-10-30-19/h4-9,12-14H,10-11H2,1-3H3. The van der Waals surface area contributed by atoms with Crippen molar-refractivity contribution < 1.29 is 32.2 Å². The van der Waals surface area contributed by atoms with Crippen LogP contribution in [0.1, 0.15) is 22.1 Å². The first kappa shape index (κ1) is 21.7. The lowest BCUT2D eigenvalue weighted by Gasteiger charge is -2.29. The Labute approximate surface area is 185 Å². The van der Waals surface area contributed by atoms with Gasteiger partial charge in [0.05, 0.1) is 30.1 Å². The van der Waals surface area contributed by atoms with E-state index in [1.165, 1.54) is 30.9 Å². The minimum absolute atomic E-state index is 0.217. The number of para-hydroxylation sites is 1. The molecule has 0 bridgehead atoms. The van der Waals surface area contributed by atoms with Crippen molar-refractivity contribution in [3.05, 3.63) is 54.2 Å². The van der Waals surface area contributed by atoms with E-state index in [1.54, 1.807) is 36.4 Å². The molecule has 0 radical (unpaired) electrons. The topological polar surface area (TPSA) is 104 Å². The summed E-state index contributed by atoms with van der Waals surface area (Å²) in [4.78, 5) is 25.7. The maximum Gasteiger partial charge on any atom is 0.340 e. The molecular formula is C22H22N2O7S. The molecule has 168 valence electrons. The van der Waals surface area contributed by atoms with Crippen LogP contribution >= 0.6 is 0 Å². The van der Waals surface area contributed by atoms with Crippen LogP contribution in [-0.4, -0.2) is 57.5 Å². The van der Waals surface area contributed by atoms with E-state index in [4.69, 9.17) is 14.2 Å². The average molecular weight is 458 g/mol. The van der Waals surface area contributed by atoms with E-state index in [2.05, 4.69) is 0 Å². The molecule has 0 N–H and O–H groups in total. The molecule has 1 aromatic heterocycles. The molecule has 0 saturated carbocycles. The summed E-state index contributed by atoms with van der Waals surface area (Å²) in [5.41, 5.74) is 0.955. The molecule has 0 saturated heterocycles. The van der Waals surface area contributed by atoms with Gasteiger partial charge in [0.15, 0.2) is 11.5 Å². The number of esters is 1. The van der Waals surface area contributed by atoms with Crippen molar-refractivity contribution >= 4 is 38.5 Å². The zero-order valence-corrected chi connectivity index (χ0v) is 18.6. The van der Waals surface area contributed by atoms with E-state index in [0.29, 0.717) is 35.6 Å². The van der Waals surface area contributed by atoms with Crippen LogP contribution in [-0.2, 0) is 14.8 Å². The van der Waals surface area contributed by atoms with Crippen molar-refractivity contribution in [2.75, 3.05) is 30.9 Å². The van der Waals surface area contributed by atoms with Crippen molar-refractivity contribution in [2.24, 2.45) is 0 Å². The molecule has 0 aliphatic carbocycles. The second kappa shape index (κ2) is 8.19. The van der Waals surface area contributed by atoms with Gasteiger partial charge in [0.1, 0.15) is 19.3 Å². The maximum atomic E-state index is 13.5. The molecule has 1 unspecified atom stereocenters. The normalized spacial score (nSPS) is 14.1. The third kappa shape index (κ3) is 3.77. The Kier molecular flexibility index (Phi) is 5.55. The Morgan fingerprint density at radius 3 is 2.47 bits per heavy atom. The summed E-state index contributed by atoms with van der Waals surface area (Å²) in [6.07, 6.45) is 2.40. The predicted octanol–water partition coefficient (Wildman–Crippen LogP) is 2.69. The predicted molar refractivity (Wildman–Crippen MR) is 118 cm³/mol. The number of carbonyl (C=O) groups excluding carboxylic acids is 2. The summed E-state index contributed by atoms with van der Waals surface area (Å²) in [6.45, 7) is 2.24. The lowest BCUT2D eigenvalue weighted by Crippen LogP contribution is -2.44.